The SMILES string of the molecule is COc1cccc(COC(=O)Nc2ccc(Oc3ccnc4cc(OC)c(OC)cc34)c(C)c2C)c1. The van der Waals surface area contributed by atoms with Gasteiger partial charge in [-0.2, -0.15) is 0 Å². The van der Waals surface area contributed by atoms with E-state index in [1.54, 1.807) is 39.7 Å². The molecule has 1 amide bonds. The number of carbonyl (C=O) groups is 1. The molecule has 0 saturated heterocycles. The lowest BCUT2D eigenvalue weighted by atomic mass is 10.1. The van der Waals surface area contributed by atoms with Gasteiger partial charge in [-0.1, -0.05) is 12.1 Å². The number of anilines is 1. The number of fused-ring (bicyclic) bond motifs is 1. The van der Waals surface area contributed by atoms with Crippen molar-refractivity contribution in [1.82, 2.24) is 4.98 Å². The van der Waals surface area contributed by atoms with Gasteiger partial charge < -0.3 is 23.7 Å². The number of methoxy groups -OCH3 is 3. The molecule has 8 heteroatoms. The van der Waals surface area contributed by atoms with Gasteiger partial charge in [-0.3, -0.25) is 10.3 Å². The first-order valence-corrected chi connectivity index (χ1v) is 11.3. The quantitative estimate of drug-likeness (QED) is 0.306. The van der Waals surface area contributed by atoms with Gasteiger partial charge in [0.25, 0.3) is 0 Å². The summed E-state index contributed by atoms with van der Waals surface area (Å²) in [5.74, 6) is 3.17. The molecule has 4 rings (SSSR count). The zero-order valence-electron chi connectivity index (χ0n) is 20.9. The fourth-order valence-corrected chi connectivity index (χ4v) is 3.75. The van der Waals surface area contributed by atoms with Gasteiger partial charge in [-0.25, -0.2) is 4.79 Å². The van der Waals surface area contributed by atoms with E-state index in [0.717, 1.165) is 27.6 Å². The zero-order chi connectivity index (χ0) is 25.7. The van der Waals surface area contributed by atoms with Gasteiger partial charge in [0.2, 0.25) is 0 Å². The molecule has 0 aliphatic carbocycles. The number of nitrogens with zero attached hydrogens (tertiary/aromatic N) is 1. The number of pyridine rings is 1. The Morgan fingerprint density at radius 3 is 2.36 bits per heavy atom. The van der Waals surface area contributed by atoms with Crippen molar-refractivity contribution in [2.75, 3.05) is 26.6 Å². The summed E-state index contributed by atoms with van der Waals surface area (Å²) >= 11 is 0. The predicted octanol–water partition coefficient (Wildman–Crippen LogP) is 6.42. The van der Waals surface area contributed by atoms with Crippen LogP contribution in [0, 0.1) is 13.8 Å². The smallest absolute Gasteiger partial charge is 0.411 e. The van der Waals surface area contributed by atoms with Crippen LogP contribution in [-0.4, -0.2) is 32.4 Å². The second kappa shape index (κ2) is 10.9. The molecule has 0 atom stereocenters. The Bertz CT molecular complexity index is 1400. The highest BCUT2D eigenvalue weighted by Gasteiger charge is 2.15. The number of nitrogens with one attached hydrogen (secondary N) is 1. The van der Waals surface area contributed by atoms with E-state index in [4.69, 9.17) is 23.7 Å². The third-order valence-electron chi connectivity index (χ3n) is 5.91. The van der Waals surface area contributed by atoms with Crippen LogP contribution in [0.1, 0.15) is 16.7 Å². The largest absolute Gasteiger partial charge is 0.497 e. The van der Waals surface area contributed by atoms with Crippen molar-refractivity contribution in [2.24, 2.45) is 0 Å². The third kappa shape index (κ3) is 5.27. The molecule has 0 aliphatic heterocycles. The molecule has 0 bridgehead atoms. The Hall–Kier alpha value is -4.46. The Morgan fingerprint density at radius 1 is 0.833 bits per heavy atom. The maximum Gasteiger partial charge on any atom is 0.411 e. The molecule has 1 N–H and O–H groups in total. The number of carbonyl (C=O) groups excluding carboxylic acids is 1. The van der Waals surface area contributed by atoms with Crippen LogP contribution in [-0.2, 0) is 11.3 Å². The van der Waals surface area contributed by atoms with Crippen molar-refractivity contribution in [3.63, 3.8) is 0 Å². The third-order valence-corrected chi connectivity index (χ3v) is 5.91. The monoisotopic (exact) mass is 488 g/mol. The van der Waals surface area contributed by atoms with Crippen LogP contribution in [0.4, 0.5) is 10.5 Å². The summed E-state index contributed by atoms with van der Waals surface area (Å²) in [6.45, 7) is 3.98. The van der Waals surface area contributed by atoms with E-state index in [9.17, 15) is 4.79 Å². The van der Waals surface area contributed by atoms with Gasteiger partial charge in [0.15, 0.2) is 11.5 Å². The maximum absolute atomic E-state index is 12.4. The number of hydrogen-bond acceptors (Lipinski definition) is 7. The van der Waals surface area contributed by atoms with Gasteiger partial charge >= 0.3 is 6.09 Å². The van der Waals surface area contributed by atoms with Gasteiger partial charge in [-0.15, -0.1) is 0 Å². The fourth-order valence-electron chi connectivity index (χ4n) is 3.75. The Morgan fingerprint density at radius 2 is 1.61 bits per heavy atom. The van der Waals surface area contributed by atoms with Crippen molar-refractivity contribution in [3.8, 4) is 28.7 Å². The molecule has 0 fully saturated rings. The van der Waals surface area contributed by atoms with Crippen molar-refractivity contribution in [1.29, 1.82) is 0 Å². The van der Waals surface area contributed by atoms with Crippen LogP contribution >= 0.6 is 0 Å². The topological polar surface area (TPSA) is 88.1 Å². The van der Waals surface area contributed by atoms with Crippen molar-refractivity contribution >= 4 is 22.7 Å². The van der Waals surface area contributed by atoms with Crippen LogP contribution in [0.25, 0.3) is 10.9 Å². The average molecular weight is 489 g/mol. The lowest BCUT2D eigenvalue weighted by Crippen LogP contribution is -2.14. The molecule has 8 nitrogen and oxygen atoms in total. The van der Waals surface area contributed by atoms with Gasteiger partial charge in [0, 0.05) is 23.3 Å². The molecule has 4 aromatic rings. The van der Waals surface area contributed by atoms with Gasteiger partial charge in [-0.05, 0) is 66.9 Å². The summed E-state index contributed by atoms with van der Waals surface area (Å²) in [6, 6.07) is 16.4. The van der Waals surface area contributed by atoms with E-state index >= 15 is 0 Å². The minimum atomic E-state index is -0.546. The lowest BCUT2D eigenvalue weighted by molar-refractivity contribution is 0.155. The molecular formula is C28H28N2O6. The summed E-state index contributed by atoms with van der Waals surface area (Å²) in [4.78, 5) is 16.8. The van der Waals surface area contributed by atoms with E-state index < -0.39 is 6.09 Å². The molecule has 0 aliphatic rings. The molecule has 0 unspecified atom stereocenters. The normalized spacial score (nSPS) is 10.6. The molecule has 3 aromatic carbocycles. The second-order valence-corrected chi connectivity index (χ2v) is 8.05. The molecule has 1 heterocycles. The molecular weight excluding hydrogens is 460 g/mol. The van der Waals surface area contributed by atoms with E-state index in [-0.39, 0.29) is 6.61 Å². The van der Waals surface area contributed by atoms with Gasteiger partial charge in [0.1, 0.15) is 23.9 Å². The number of amides is 1. The summed E-state index contributed by atoms with van der Waals surface area (Å²) in [7, 11) is 4.76. The summed E-state index contributed by atoms with van der Waals surface area (Å²) in [5.41, 5.74) is 3.94. The standard InChI is InChI=1S/C28H28N2O6/c1-17-18(2)24(36-25-11-12-29-23-15-27(34-5)26(33-4)14-21(23)25)10-9-22(17)30-28(31)35-16-19-7-6-8-20(13-19)32-3/h6-15H,16H2,1-5H3,(H,30,31). The molecule has 36 heavy (non-hydrogen) atoms. The zero-order valence-corrected chi connectivity index (χ0v) is 20.9. The molecule has 1 aromatic heterocycles. The van der Waals surface area contributed by atoms with Crippen molar-refractivity contribution in [3.05, 3.63) is 77.5 Å². The Balaban J connectivity index is 1.50. The van der Waals surface area contributed by atoms with E-state index in [0.29, 0.717) is 34.4 Å². The number of benzene rings is 3. The highest BCUT2D eigenvalue weighted by molar-refractivity contribution is 5.89. The summed E-state index contributed by atoms with van der Waals surface area (Å²) in [6.07, 6.45) is 1.13. The highest BCUT2D eigenvalue weighted by atomic mass is 16.5. The number of hydrogen-bond donors (Lipinski definition) is 1. The first-order chi connectivity index (χ1) is 17.4. The minimum absolute atomic E-state index is 0.131. The van der Waals surface area contributed by atoms with Crippen LogP contribution in [0.2, 0.25) is 0 Å². The predicted molar refractivity (Wildman–Crippen MR) is 138 cm³/mol. The van der Waals surface area contributed by atoms with Crippen molar-refractivity contribution in [2.45, 2.75) is 20.5 Å². The average Bonchev–Trinajstić information content (AvgIpc) is 2.91. The number of rotatable bonds is 8. The van der Waals surface area contributed by atoms with E-state index in [2.05, 4.69) is 10.3 Å². The Labute approximate surface area is 209 Å². The summed E-state index contributed by atoms with van der Waals surface area (Å²) < 4.78 is 27.7. The highest BCUT2D eigenvalue weighted by Crippen LogP contribution is 2.38. The molecule has 0 radical (unpaired) electrons. The molecule has 186 valence electrons. The maximum atomic E-state index is 12.4. The van der Waals surface area contributed by atoms with Gasteiger partial charge in [0.05, 0.1) is 26.8 Å². The summed E-state index contributed by atoms with van der Waals surface area (Å²) in [5, 5.41) is 3.60. The van der Waals surface area contributed by atoms with Crippen molar-refractivity contribution < 1.29 is 28.5 Å². The second-order valence-electron chi connectivity index (χ2n) is 8.05. The van der Waals surface area contributed by atoms with Crippen LogP contribution in [0.15, 0.2) is 60.8 Å². The number of aromatic nitrogens is 1. The molecule has 0 saturated carbocycles. The molecule has 0 spiro atoms. The first-order valence-electron chi connectivity index (χ1n) is 11.3. The van der Waals surface area contributed by atoms with E-state index in [1.807, 2.05) is 56.3 Å². The first kappa shape index (κ1) is 24.7. The number of ether oxygens (including phenoxy) is 5. The lowest BCUT2D eigenvalue weighted by Gasteiger charge is -2.16. The van der Waals surface area contributed by atoms with Crippen LogP contribution < -0.4 is 24.3 Å². The fraction of sp³-hybridized carbons (Fsp3) is 0.214. The van der Waals surface area contributed by atoms with Crippen LogP contribution in [0.5, 0.6) is 28.7 Å². The Kier molecular flexibility index (Phi) is 7.44. The van der Waals surface area contributed by atoms with Crippen LogP contribution in [0.3, 0.4) is 0 Å². The minimum Gasteiger partial charge on any atom is -0.497 e. The van der Waals surface area contributed by atoms with E-state index in [1.165, 1.54) is 0 Å².